The standard InChI is InChI=1S/C15H23NO3/c1-15(2,8-5-9-17)10-16-13(18)11-6-3-4-7-12(11)14(16)19/h3-4,11-12,17H,5-10H2,1-2H3/t11-,12+. The first-order valence-corrected chi connectivity index (χ1v) is 7.07. The second-order valence-corrected chi connectivity index (χ2v) is 6.41. The van der Waals surface area contributed by atoms with E-state index in [0.29, 0.717) is 25.8 Å². The summed E-state index contributed by atoms with van der Waals surface area (Å²) in [4.78, 5) is 26.1. The second-order valence-electron chi connectivity index (χ2n) is 6.41. The van der Waals surface area contributed by atoms with Gasteiger partial charge >= 0.3 is 0 Å². The first-order valence-electron chi connectivity index (χ1n) is 7.07. The third-order valence-corrected chi connectivity index (χ3v) is 4.20. The molecule has 4 heteroatoms. The highest BCUT2D eigenvalue weighted by Crippen LogP contribution is 2.37. The number of rotatable bonds is 5. The smallest absolute Gasteiger partial charge is 0.233 e. The Labute approximate surface area is 114 Å². The van der Waals surface area contributed by atoms with E-state index in [1.54, 1.807) is 0 Å². The van der Waals surface area contributed by atoms with Gasteiger partial charge < -0.3 is 5.11 Å². The fraction of sp³-hybridized carbons (Fsp3) is 0.733. The third-order valence-electron chi connectivity index (χ3n) is 4.20. The van der Waals surface area contributed by atoms with Crippen LogP contribution in [0.25, 0.3) is 0 Å². The Bertz CT molecular complexity index is 374. The average molecular weight is 265 g/mol. The van der Waals surface area contributed by atoms with Crippen molar-refractivity contribution in [1.29, 1.82) is 0 Å². The molecular weight excluding hydrogens is 242 g/mol. The number of nitrogens with zero attached hydrogens (tertiary/aromatic N) is 1. The summed E-state index contributed by atoms with van der Waals surface area (Å²) in [6.45, 7) is 4.71. The highest BCUT2D eigenvalue weighted by atomic mass is 16.3. The minimum absolute atomic E-state index is 0.00331. The number of likely N-dealkylation sites (tertiary alicyclic amines) is 1. The number of fused-ring (bicyclic) bond motifs is 1. The van der Waals surface area contributed by atoms with Crippen molar-refractivity contribution >= 4 is 11.8 Å². The van der Waals surface area contributed by atoms with E-state index in [-0.39, 0.29) is 35.7 Å². The SMILES string of the molecule is CC(C)(CCCO)CN1C(=O)[C@H]2CC=CC[C@H]2C1=O. The molecule has 1 aliphatic carbocycles. The van der Waals surface area contributed by atoms with Gasteiger partial charge in [0.15, 0.2) is 0 Å². The summed E-state index contributed by atoms with van der Waals surface area (Å²) in [5, 5.41) is 8.91. The van der Waals surface area contributed by atoms with Gasteiger partial charge in [-0.2, -0.15) is 0 Å². The van der Waals surface area contributed by atoms with Crippen LogP contribution in [0.4, 0.5) is 0 Å². The Morgan fingerprint density at radius 1 is 1.21 bits per heavy atom. The number of carbonyl (C=O) groups excluding carboxylic acids is 2. The molecule has 0 bridgehead atoms. The van der Waals surface area contributed by atoms with Gasteiger partial charge in [-0.25, -0.2) is 0 Å². The molecule has 0 saturated carbocycles. The molecule has 1 aliphatic heterocycles. The monoisotopic (exact) mass is 265 g/mol. The Hall–Kier alpha value is -1.16. The minimum atomic E-state index is -0.133. The predicted molar refractivity (Wildman–Crippen MR) is 72.2 cm³/mol. The largest absolute Gasteiger partial charge is 0.396 e. The van der Waals surface area contributed by atoms with Gasteiger partial charge in [0.2, 0.25) is 11.8 Å². The number of aliphatic hydroxyl groups is 1. The maximum Gasteiger partial charge on any atom is 0.233 e. The highest BCUT2D eigenvalue weighted by Gasteiger charge is 2.48. The van der Waals surface area contributed by atoms with Crippen LogP contribution in [0, 0.1) is 17.3 Å². The zero-order valence-corrected chi connectivity index (χ0v) is 11.8. The lowest BCUT2D eigenvalue weighted by atomic mass is 9.85. The van der Waals surface area contributed by atoms with Crippen LogP contribution < -0.4 is 0 Å². The van der Waals surface area contributed by atoms with Crippen molar-refractivity contribution in [3.05, 3.63) is 12.2 Å². The van der Waals surface area contributed by atoms with E-state index in [1.807, 2.05) is 26.0 Å². The fourth-order valence-corrected chi connectivity index (χ4v) is 3.09. The zero-order valence-electron chi connectivity index (χ0n) is 11.8. The Morgan fingerprint density at radius 2 is 1.74 bits per heavy atom. The molecule has 106 valence electrons. The van der Waals surface area contributed by atoms with E-state index in [4.69, 9.17) is 5.11 Å². The van der Waals surface area contributed by atoms with Crippen LogP contribution in [0.15, 0.2) is 12.2 Å². The van der Waals surface area contributed by atoms with E-state index < -0.39 is 0 Å². The first-order chi connectivity index (χ1) is 8.96. The molecule has 19 heavy (non-hydrogen) atoms. The van der Waals surface area contributed by atoms with E-state index >= 15 is 0 Å². The van der Waals surface area contributed by atoms with Gasteiger partial charge in [0.25, 0.3) is 0 Å². The molecular formula is C15H23NO3. The van der Waals surface area contributed by atoms with Crippen LogP contribution >= 0.6 is 0 Å². The second kappa shape index (κ2) is 5.45. The number of amides is 2. The Balaban J connectivity index is 2.05. The van der Waals surface area contributed by atoms with Gasteiger partial charge in [0.1, 0.15) is 0 Å². The van der Waals surface area contributed by atoms with Gasteiger partial charge in [-0.05, 0) is 31.1 Å². The molecule has 0 aromatic carbocycles. The summed E-state index contributed by atoms with van der Waals surface area (Å²) >= 11 is 0. The number of aliphatic hydroxyl groups excluding tert-OH is 1. The summed E-state index contributed by atoms with van der Waals surface area (Å²) in [5.74, 6) is -0.273. The van der Waals surface area contributed by atoms with E-state index in [2.05, 4.69) is 0 Å². The fourth-order valence-electron chi connectivity index (χ4n) is 3.09. The lowest BCUT2D eigenvalue weighted by Crippen LogP contribution is -2.39. The van der Waals surface area contributed by atoms with Gasteiger partial charge in [-0.1, -0.05) is 26.0 Å². The normalized spacial score (nSPS) is 27.0. The van der Waals surface area contributed by atoms with Crippen LogP contribution in [0.3, 0.4) is 0 Å². The number of imide groups is 1. The Kier molecular flexibility index (Phi) is 4.09. The van der Waals surface area contributed by atoms with Crippen LogP contribution in [0.5, 0.6) is 0 Å². The van der Waals surface area contributed by atoms with Gasteiger partial charge in [-0.3, -0.25) is 14.5 Å². The molecule has 1 N–H and O–H groups in total. The van der Waals surface area contributed by atoms with Crippen molar-refractivity contribution in [3.63, 3.8) is 0 Å². The maximum atomic E-state index is 12.3. The van der Waals surface area contributed by atoms with Gasteiger partial charge in [0.05, 0.1) is 11.8 Å². The van der Waals surface area contributed by atoms with Gasteiger partial charge in [-0.15, -0.1) is 0 Å². The van der Waals surface area contributed by atoms with Crippen LogP contribution in [0.1, 0.15) is 39.5 Å². The van der Waals surface area contributed by atoms with Crippen molar-refractivity contribution < 1.29 is 14.7 Å². The molecule has 0 radical (unpaired) electrons. The lowest BCUT2D eigenvalue weighted by molar-refractivity contribution is -0.141. The summed E-state index contributed by atoms with van der Waals surface area (Å²) in [6.07, 6.45) is 6.93. The van der Waals surface area contributed by atoms with Crippen molar-refractivity contribution in [2.24, 2.45) is 17.3 Å². The topological polar surface area (TPSA) is 57.6 Å². The first kappa shape index (κ1) is 14.3. The number of hydrogen-bond donors (Lipinski definition) is 1. The van der Waals surface area contributed by atoms with Crippen LogP contribution in [0.2, 0.25) is 0 Å². The zero-order chi connectivity index (χ0) is 14.0. The molecule has 1 saturated heterocycles. The third kappa shape index (κ3) is 2.89. The number of carbonyl (C=O) groups is 2. The highest BCUT2D eigenvalue weighted by molar-refractivity contribution is 6.05. The summed E-state index contributed by atoms with van der Waals surface area (Å²) in [7, 11) is 0. The van der Waals surface area contributed by atoms with Crippen molar-refractivity contribution in [3.8, 4) is 0 Å². The summed E-state index contributed by atoms with van der Waals surface area (Å²) < 4.78 is 0. The van der Waals surface area contributed by atoms with E-state index in [0.717, 1.165) is 6.42 Å². The molecule has 1 heterocycles. The minimum Gasteiger partial charge on any atom is -0.396 e. The maximum absolute atomic E-state index is 12.3. The molecule has 2 amide bonds. The molecule has 2 rings (SSSR count). The van der Waals surface area contributed by atoms with Crippen molar-refractivity contribution in [2.45, 2.75) is 39.5 Å². The molecule has 0 aromatic rings. The van der Waals surface area contributed by atoms with E-state index in [1.165, 1.54) is 4.90 Å². The molecule has 2 atom stereocenters. The average Bonchev–Trinajstić information content (AvgIpc) is 2.62. The molecule has 0 spiro atoms. The van der Waals surface area contributed by atoms with Crippen LogP contribution in [-0.2, 0) is 9.59 Å². The molecule has 0 aromatic heterocycles. The summed E-state index contributed by atoms with van der Waals surface area (Å²) in [6, 6.07) is 0. The number of allylic oxidation sites excluding steroid dienone is 2. The molecule has 4 nitrogen and oxygen atoms in total. The quantitative estimate of drug-likeness (QED) is 0.608. The van der Waals surface area contributed by atoms with E-state index in [9.17, 15) is 9.59 Å². The van der Waals surface area contributed by atoms with Gasteiger partial charge in [0, 0.05) is 13.2 Å². The number of hydrogen-bond acceptors (Lipinski definition) is 3. The Morgan fingerprint density at radius 3 is 2.21 bits per heavy atom. The van der Waals surface area contributed by atoms with Crippen molar-refractivity contribution in [1.82, 2.24) is 4.90 Å². The molecule has 0 unspecified atom stereocenters. The molecule has 1 fully saturated rings. The lowest BCUT2D eigenvalue weighted by Gasteiger charge is -2.29. The summed E-state index contributed by atoms with van der Waals surface area (Å²) in [5.41, 5.74) is -0.130. The van der Waals surface area contributed by atoms with Crippen molar-refractivity contribution in [2.75, 3.05) is 13.2 Å². The van der Waals surface area contributed by atoms with Crippen LogP contribution in [-0.4, -0.2) is 35.0 Å². The predicted octanol–water partition coefficient (Wildman–Crippen LogP) is 1.74. The molecule has 2 aliphatic rings.